The molecule has 3 aromatic heterocycles. The summed E-state index contributed by atoms with van der Waals surface area (Å²) in [6, 6.07) is 5.67. The topological polar surface area (TPSA) is 67.8 Å². The van der Waals surface area contributed by atoms with E-state index >= 15 is 0 Å². The first kappa shape index (κ1) is 17.8. The van der Waals surface area contributed by atoms with Crippen LogP contribution in [0.2, 0.25) is 0 Å². The molecule has 1 aliphatic rings. The van der Waals surface area contributed by atoms with E-state index in [-0.39, 0.29) is 17.4 Å². The van der Waals surface area contributed by atoms with Gasteiger partial charge < -0.3 is 5.32 Å². The number of nitrogens with one attached hydrogen (secondary N) is 1. The van der Waals surface area contributed by atoms with Crippen LogP contribution in [-0.4, -0.2) is 20.9 Å². The number of fused-ring (bicyclic) bond motifs is 1. The zero-order valence-corrected chi connectivity index (χ0v) is 16.5. The summed E-state index contributed by atoms with van der Waals surface area (Å²) in [6.45, 7) is 6.45. The zero-order valence-electron chi connectivity index (χ0n) is 15.7. The third kappa shape index (κ3) is 3.76. The number of hydrogen-bond donors (Lipinski definition) is 1. The summed E-state index contributed by atoms with van der Waals surface area (Å²) in [5.41, 5.74) is 3.76. The van der Waals surface area contributed by atoms with Crippen molar-refractivity contribution in [2.75, 3.05) is 0 Å². The van der Waals surface area contributed by atoms with Gasteiger partial charge in [0.05, 0.1) is 17.3 Å². The Balaban J connectivity index is 1.66. The Kier molecular flexibility index (Phi) is 4.52. The van der Waals surface area contributed by atoms with Crippen molar-refractivity contribution in [1.29, 1.82) is 0 Å². The van der Waals surface area contributed by atoms with Crippen molar-refractivity contribution in [3.05, 3.63) is 63.9 Å². The lowest BCUT2D eigenvalue weighted by Crippen LogP contribution is -2.37. The molecule has 1 N–H and O–H groups in total. The van der Waals surface area contributed by atoms with Crippen LogP contribution in [0.3, 0.4) is 0 Å². The second-order valence-corrected chi connectivity index (χ2v) is 8.96. The molecule has 5 nitrogen and oxygen atoms in total. The summed E-state index contributed by atoms with van der Waals surface area (Å²) in [5.74, 6) is 0.665. The third-order valence-electron chi connectivity index (χ3n) is 4.91. The standard InChI is InChI=1S/C21H22N4OS/c1-13-8-15(12-27-13)20(26)25-18-10-21(2,3)9-17-16(18)11-23-19(24-17)14-4-6-22-7-5-14/h4-8,11-12,18H,9-10H2,1-3H3,(H,25,26)/t18-/m1/s1. The molecule has 1 atom stereocenters. The monoisotopic (exact) mass is 378 g/mol. The molecule has 0 radical (unpaired) electrons. The Labute approximate surface area is 162 Å². The van der Waals surface area contributed by atoms with E-state index < -0.39 is 0 Å². The van der Waals surface area contributed by atoms with E-state index in [1.807, 2.05) is 36.7 Å². The second-order valence-electron chi connectivity index (χ2n) is 7.85. The number of thiophene rings is 1. The molecule has 0 aromatic carbocycles. The number of nitrogens with zero attached hydrogens (tertiary/aromatic N) is 3. The van der Waals surface area contributed by atoms with Crippen molar-refractivity contribution in [1.82, 2.24) is 20.3 Å². The average Bonchev–Trinajstić information content (AvgIpc) is 3.07. The summed E-state index contributed by atoms with van der Waals surface area (Å²) in [7, 11) is 0. The van der Waals surface area contributed by atoms with Gasteiger partial charge in [0.25, 0.3) is 5.91 Å². The van der Waals surface area contributed by atoms with Gasteiger partial charge in [-0.15, -0.1) is 11.3 Å². The highest BCUT2D eigenvalue weighted by Gasteiger charge is 2.34. The Bertz CT molecular complexity index is 981. The fraction of sp³-hybridized carbons (Fsp3) is 0.333. The Morgan fingerprint density at radius 3 is 2.78 bits per heavy atom. The van der Waals surface area contributed by atoms with Crippen LogP contribution in [0, 0.1) is 12.3 Å². The predicted octanol–water partition coefficient (Wildman–Crippen LogP) is 4.35. The molecule has 1 amide bonds. The van der Waals surface area contributed by atoms with Crippen LogP contribution < -0.4 is 5.32 Å². The molecule has 4 rings (SSSR count). The number of aryl methyl sites for hydroxylation is 1. The maximum atomic E-state index is 12.7. The first-order chi connectivity index (χ1) is 12.9. The van der Waals surface area contributed by atoms with Gasteiger partial charge in [-0.25, -0.2) is 9.97 Å². The van der Waals surface area contributed by atoms with Crippen molar-refractivity contribution < 1.29 is 4.79 Å². The predicted molar refractivity (Wildman–Crippen MR) is 107 cm³/mol. The van der Waals surface area contributed by atoms with Gasteiger partial charge in [-0.3, -0.25) is 9.78 Å². The highest BCUT2D eigenvalue weighted by atomic mass is 32.1. The molecule has 27 heavy (non-hydrogen) atoms. The first-order valence-corrected chi connectivity index (χ1v) is 9.91. The van der Waals surface area contributed by atoms with Crippen LogP contribution in [-0.2, 0) is 6.42 Å². The first-order valence-electron chi connectivity index (χ1n) is 9.03. The fourth-order valence-corrected chi connectivity index (χ4v) is 4.30. The van der Waals surface area contributed by atoms with E-state index in [4.69, 9.17) is 4.98 Å². The average molecular weight is 379 g/mol. The number of hydrogen-bond acceptors (Lipinski definition) is 5. The third-order valence-corrected chi connectivity index (χ3v) is 5.78. The van der Waals surface area contributed by atoms with Crippen LogP contribution in [0.4, 0.5) is 0 Å². The molecule has 0 fully saturated rings. The maximum Gasteiger partial charge on any atom is 0.252 e. The van der Waals surface area contributed by atoms with E-state index in [0.717, 1.165) is 40.1 Å². The highest BCUT2D eigenvalue weighted by molar-refractivity contribution is 7.10. The van der Waals surface area contributed by atoms with Gasteiger partial charge in [-0.1, -0.05) is 13.8 Å². The van der Waals surface area contributed by atoms with Gasteiger partial charge in [-0.05, 0) is 43.4 Å². The van der Waals surface area contributed by atoms with Crippen molar-refractivity contribution >= 4 is 17.2 Å². The minimum atomic E-state index is -0.0806. The molecule has 0 bridgehead atoms. The van der Waals surface area contributed by atoms with Crippen LogP contribution in [0.5, 0.6) is 0 Å². The number of carbonyl (C=O) groups excluding carboxylic acids is 1. The summed E-state index contributed by atoms with van der Waals surface area (Å²) in [4.78, 5) is 27.3. The van der Waals surface area contributed by atoms with Gasteiger partial charge in [-0.2, -0.15) is 0 Å². The molecule has 1 aliphatic carbocycles. The van der Waals surface area contributed by atoms with Crippen molar-refractivity contribution in [2.45, 2.75) is 39.7 Å². The van der Waals surface area contributed by atoms with Gasteiger partial charge >= 0.3 is 0 Å². The van der Waals surface area contributed by atoms with Crippen LogP contribution in [0.25, 0.3) is 11.4 Å². The van der Waals surface area contributed by atoms with E-state index in [0.29, 0.717) is 5.82 Å². The molecule has 0 saturated carbocycles. The van der Waals surface area contributed by atoms with E-state index in [2.05, 4.69) is 29.1 Å². The van der Waals surface area contributed by atoms with Crippen LogP contribution in [0.15, 0.2) is 42.2 Å². The summed E-state index contributed by atoms with van der Waals surface area (Å²) in [6.07, 6.45) is 7.10. The molecule has 0 saturated heterocycles. The molecule has 0 spiro atoms. The Morgan fingerprint density at radius 2 is 2.07 bits per heavy atom. The summed E-state index contributed by atoms with van der Waals surface area (Å²) < 4.78 is 0. The number of rotatable bonds is 3. The number of amides is 1. The molecule has 6 heteroatoms. The van der Waals surface area contributed by atoms with E-state index in [1.54, 1.807) is 23.7 Å². The Hall–Kier alpha value is -2.60. The smallest absolute Gasteiger partial charge is 0.252 e. The number of pyridine rings is 1. The SMILES string of the molecule is Cc1cc(C(=O)N[C@@H]2CC(C)(C)Cc3nc(-c4ccncc4)ncc32)cs1. The lowest BCUT2D eigenvalue weighted by atomic mass is 9.74. The Morgan fingerprint density at radius 1 is 1.30 bits per heavy atom. The number of aromatic nitrogens is 3. The summed E-state index contributed by atoms with van der Waals surface area (Å²) >= 11 is 1.59. The molecule has 0 aliphatic heterocycles. The minimum Gasteiger partial charge on any atom is -0.345 e. The summed E-state index contributed by atoms with van der Waals surface area (Å²) in [5, 5.41) is 5.10. The highest BCUT2D eigenvalue weighted by Crippen LogP contribution is 2.40. The molecular weight excluding hydrogens is 356 g/mol. The van der Waals surface area contributed by atoms with Crippen molar-refractivity contribution in [3.8, 4) is 11.4 Å². The van der Waals surface area contributed by atoms with Crippen molar-refractivity contribution in [2.24, 2.45) is 5.41 Å². The van der Waals surface area contributed by atoms with Crippen LogP contribution in [0.1, 0.15) is 52.8 Å². The quantitative estimate of drug-likeness (QED) is 0.736. The van der Waals surface area contributed by atoms with Gasteiger partial charge in [0.1, 0.15) is 0 Å². The van der Waals surface area contributed by atoms with E-state index in [9.17, 15) is 4.79 Å². The molecule has 138 valence electrons. The fourth-order valence-electron chi connectivity index (χ4n) is 3.62. The number of carbonyl (C=O) groups is 1. The second kappa shape index (κ2) is 6.85. The van der Waals surface area contributed by atoms with E-state index in [1.165, 1.54) is 0 Å². The molecule has 0 unspecified atom stereocenters. The molecule has 3 aromatic rings. The van der Waals surface area contributed by atoms with Gasteiger partial charge in [0.15, 0.2) is 5.82 Å². The largest absolute Gasteiger partial charge is 0.345 e. The zero-order chi connectivity index (χ0) is 19.0. The van der Waals surface area contributed by atoms with Crippen LogP contribution >= 0.6 is 11.3 Å². The molecular formula is C21H22N4OS. The molecule has 3 heterocycles. The lowest BCUT2D eigenvalue weighted by Gasteiger charge is -2.36. The minimum absolute atomic E-state index is 0.0359. The van der Waals surface area contributed by atoms with Gasteiger partial charge in [0, 0.05) is 40.0 Å². The van der Waals surface area contributed by atoms with Crippen molar-refractivity contribution in [3.63, 3.8) is 0 Å². The maximum absolute atomic E-state index is 12.7. The normalized spacial score (nSPS) is 18.0. The lowest BCUT2D eigenvalue weighted by molar-refractivity contribution is 0.0919. The van der Waals surface area contributed by atoms with Gasteiger partial charge in [0.2, 0.25) is 0 Å².